The molecule has 0 saturated heterocycles. The highest BCUT2D eigenvalue weighted by atomic mass is 32.2. The molecule has 1 amide bonds. The number of hydrogen-bond donors (Lipinski definition) is 2. The number of sulfone groups is 1. The number of hydrogen-bond acceptors (Lipinski definition) is 5. The number of carbonyl (C=O) groups excluding carboxylic acids is 1. The molecule has 1 rings (SSSR count). The van der Waals surface area contributed by atoms with E-state index in [1.54, 1.807) is 13.8 Å². The minimum Gasteiger partial charge on any atom is -0.481 e. The molecule has 0 atom stereocenters. The van der Waals surface area contributed by atoms with Crippen molar-refractivity contribution in [1.29, 1.82) is 0 Å². The lowest BCUT2D eigenvalue weighted by molar-refractivity contribution is -0.149. The Balaban J connectivity index is 2.76. The van der Waals surface area contributed by atoms with Gasteiger partial charge >= 0.3 is 5.97 Å². The summed E-state index contributed by atoms with van der Waals surface area (Å²) in [7, 11) is -3.25. The van der Waals surface area contributed by atoms with Crippen LogP contribution in [0.2, 0.25) is 0 Å². The van der Waals surface area contributed by atoms with Crippen LogP contribution < -0.4 is 5.32 Å². The number of aliphatic carboxylic acids is 1. The van der Waals surface area contributed by atoms with E-state index in [0.29, 0.717) is 12.8 Å². The van der Waals surface area contributed by atoms with E-state index in [0.717, 1.165) is 6.26 Å². The van der Waals surface area contributed by atoms with Crippen molar-refractivity contribution in [3.05, 3.63) is 23.7 Å². The highest BCUT2D eigenvalue weighted by Gasteiger charge is 2.35. The molecule has 22 heavy (non-hydrogen) atoms. The third-order valence-electron chi connectivity index (χ3n) is 3.68. The van der Waals surface area contributed by atoms with Gasteiger partial charge in [0.05, 0.1) is 5.41 Å². The number of carboxylic acid groups (broad SMARTS) is 1. The van der Waals surface area contributed by atoms with Gasteiger partial charge in [-0.2, -0.15) is 0 Å². The molecule has 0 aliphatic carbocycles. The Hall–Kier alpha value is -1.83. The quantitative estimate of drug-likeness (QED) is 0.745. The average Bonchev–Trinajstić information content (AvgIpc) is 2.86. The number of nitrogens with one attached hydrogen (secondary N) is 1. The summed E-state index contributed by atoms with van der Waals surface area (Å²) < 4.78 is 27.5. The molecule has 0 unspecified atom stereocenters. The van der Waals surface area contributed by atoms with E-state index in [4.69, 9.17) is 4.42 Å². The predicted octanol–water partition coefficient (Wildman–Crippen LogP) is 1.45. The van der Waals surface area contributed by atoms with E-state index in [9.17, 15) is 23.1 Å². The number of carboxylic acids is 1. The SMILES string of the molecule is CCC(CC)(CNC(=O)c1ccc(CS(C)(=O)=O)o1)C(=O)O. The minimum atomic E-state index is -3.25. The second kappa shape index (κ2) is 6.95. The first-order valence-corrected chi connectivity index (χ1v) is 8.97. The molecule has 0 fully saturated rings. The molecule has 124 valence electrons. The van der Waals surface area contributed by atoms with Gasteiger partial charge in [-0.25, -0.2) is 8.42 Å². The van der Waals surface area contributed by atoms with Gasteiger partial charge in [0.15, 0.2) is 15.6 Å². The summed E-state index contributed by atoms with van der Waals surface area (Å²) >= 11 is 0. The van der Waals surface area contributed by atoms with Crippen molar-refractivity contribution in [3.8, 4) is 0 Å². The molecule has 2 N–H and O–H groups in total. The molecular weight excluding hydrogens is 310 g/mol. The Morgan fingerprint density at radius 3 is 2.32 bits per heavy atom. The van der Waals surface area contributed by atoms with Gasteiger partial charge < -0.3 is 14.8 Å². The van der Waals surface area contributed by atoms with Gasteiger partial charge in [0.2, 0.25) is 0 Å². The highest BCUT2D eigenvalue weighted by molar-refractivity contribution is 7.89. The van der Waals surface area contributed by atoms with Crippen molar-refractivity contribution in [2.45, 2.75) is 32.4 Å². The van der Waals surface area contributed by atoms with Crippen molar-refractivity contribution in [1.82, 2.24) is 5.32 Å². The Labute approximate surface area is 129 Å². The van der Waals surface area contributed by atoms with Crippen LogP contribution in [-0.2, 0) is 20.4 Å². The largest absolute Gasteiger partial charge is 0.481 e. The van der Waals surface area contributed by atoms with Crippen molar-refractivity contribution < 1.29 is 27.5 Å². The second-order valence-electron chi connectivity index (χ2n) is 5.31. The van der Waals surface area contributed by atoms with Crippen molar-refractivity contribution in [2.75, 3.05) is 12.8 Å². The van der Waals surface area contributed by atoms with Crippen molar-refractivity contribution >= 4 is 21.7 Å². The summed E-state index contributed by atoms with van der Waals surface area (Å²) in [5.41, 5.74) is -1.02. The van der Waals surface area contributed by atoms with E-state index in [1.165, 1.54) is 12.1 Å². The number of carbonyl (C=O) groups is 2. The lowest BCUT2D eigenvalue weighted by Crippen LogP contribution is -2.42. The fourth-order valence-corrected chi connectivity index (χ4v) is 2.72. The van der Waals surface area contributed by atoms with Gasteiger partial charge in [-0.15, -0.1) is 0 Å². The zero-order valence-electron chi connectivity index (χ0n) is 12.9. The number of rotatable bonds is 8. The zero-order valence-corrected chi connectivity index (χ0v) is 13.7. The first kappa shape index (κ1) is 18.2. The van der Waals surface area contributed by atoms with E-state index in [-0.39, 0.29) is 23.8 Å². The summed E-state index contributed by atoms with van der Waals surface area (Å²) in [4.78, 5) is 23.3. The summed E-state index contributed by atoms with van der Waals surface area (Å²) in [6.07, 6.45) is 1.84. The Kier molecular flexibility index (Phi) is 5.76. The monoisotopic (exact) mass is 331 g/mol. The highest BCUT2D eigenvalue weighted by Crippen LogP contribution is 2.25. The van der Waals surface area contributed by atoms with Gasteiger partial charge in [-0.1, -0.05) is 13.8 Å². The molecule has 0 spiro atoms. The van der Waals surface area contributed by atoms with E-state index in [1.807, 2.05) is 0 Å². The molecule has 1 aromatic heterocycles. The first-order valence-electron chi connectivity index (χ1n) is 6.91. The molecule has 0 aliphatic rings. The van der Waals surface area contributed by atoms with Gasteiger partial charge in [0.1, 0.15) is 11.5 Å². The molecule has 7 nitrogen and oxygen atoms in total. The summed E-state index contributed by atoms with van der Waals surface area (Å²) in [5.74, 6) is -1.68. The zero-order chi connectivity index (χ0) is 17.0. The van der Waals surface area contributed by atoms with E-state index >= 15 is 0 Å². The van der Waals surface area contributed by atoms with Gasteiger partial charge in [-0.05, 0) is 25.0 Å². The van der Waals surface area contributed by atoms with E-state index in [2.05, 4.69) is 5.32 Å². The van der Waals surface area contributed by atoms with Gasteiger partial charge in [0.25, 0.3) is 5.91 Å². The second-order valence-corrected chi connectivity index (χ2v) is 7.45. The van der Waals surface area contributed by atoms with Gasteiger partial charge in [0, 0.05) is 12.8 Å². The smallest absolute Gasteiger partial charge is 0.311 e. The molecule has 0 saturated carbocycles. The Morgan fingerprint density at radius 2 is 1.86 bits per heavy atom. The normalized spacial score (nSPS) is 12.1. The lowest BCUT2D eigenvalue weighted by atomic mass is 9.82. The maximum Gasteiger partial charge on any atom is 0.311 e. The summed E-state index contributed by atoms with van der Waals surface area (Å²) in [6.45, 7) is 3.48. The van der Waals surface area contributed by atoms with Crippen LogP contribution >= 0.6 is 0 Å². The van der Waals surface area contributed by atoms with Crippen LogP contribution in [0.15, 0.2) is 16.5 Å². The summed E-state index contributed by atoms with van der Waals surface area (Å²) in [5, 5.41) is 11.8. The van der Waals surface area contributed by atoms with Crippen LogP contribution in [0, 0.1) is 5.41 Å². The van der Waals surface area contributed by atoms with Crippen LogP contribution in [0.1, 0.15) is 43.0 Å². The van der Waals surface area contributed by atoms with Crippen LogP contribution in [0.4, 0.5) is 0 Å². The topological polar surface area (TPSA) is 114 Å². The predicted molar refractivity (Wildman–Crippen MR) is 80.2 cm³/mol. The Bertz CT molecular complexity index is 642. The third-order valence-corrected chi connectivity index (χ3v) is 4.49. The number of furan rings is 1. The van der Waals surface area contributed by atoms with Crippen LogP contribution in [-0.4, -0.2) is 38.2 Å². The molecular formula is C14H21NO6S. The Morgan fingerprint density at radius 1 is 1.27 bits per heavy atom. The average molecular weight is 331 g/mol. The first-order chi connectivity index (χ1) is 10.1. The summed E-state index contributed by atoms with van der Waals surface area (Å²) in [6, 6.07) is 2.79. The molecule has 1 heterocycles. The van der Waals surface area contributed by atoms with Crippen LogP contribution in [0.25, 0.3) is 0 Å². The molecule has 0 radical (unpaired) electrons. The molecule has 0 aromatic carbocycles. The third kappa shape index (κ3) is 4.59. The van der Waals surface area contributed by atoms with Crippen molar-refractivity contribution in [2.24, 2.45) is 5.41 Å². The van der Waals surface area contributed by atoms with Crippen LogP contribution in [0.3, 0.4) is 0 Å². The molecule has 0 aliphatic heterocycles. The van der Waals surface area contributed by atoms with Gasteiger partial charge in [-0.3, -0.25) is 9.59 Å². The molecule has 1 aromatic rings. The van der Waals surface area contributed by atoms with Crippen LogP contribution in [0.5, 0.6) is 0 Å². The van der Waals surface area contributed by atoms with Crippen molar-refractivity contribution in [3.63, 3.8) is 0 Å². The lowest BCUT2D eigenvalue weighted by Gasteiger charge is -2.26. The standard InChI is InChI=1S/C14H21NO6S/c1-4-14(5-2,13(17)18)9-15-12(16)11-7-6-10(21-11)8-22(3,19)20/h6-7H,4-5,8-9H2,1-3H3,(H,15,16)(H,17,18). The number of amides is 1. The fraction of sp³-hybridized carbons (Fsp3) is 0.571. The maximum atomic E-state index is 12.0. The fourth-order valence-electron chi connectivity index (χ4n) is 2.05. The molecule has 0 bridgehead atoms. The van der Waals surface area contributed by atoms with E-state index < -0.39 is 27.1 Å². The minimum absolute atomic E-state index is 0.0176. The maximum absolute atomic E-state index is 12.0. The molecule has 8 heteroatoms.